The summed E-state index contributed by atoms with van der Waals surface area (Å²) in [5.41, 5.74) is 7.52. The van der Waals surface area contributed by atoms with E-state index in [4.69, 9.17) is 5.73 Å². The van der Waals surface area contributed by atoms with Crippen LogP contribution in [0.25, 0.3) is 5.69 Å². The van der Waals surface area contributed by atoms with Crippen LogP contribution in [0.5, 0.6) is 0 Å². The predicted molar refractivity (Wildman–Crippen MR) is 81.2 cm³/mol. The Labute approximate surface area is 124 Å². The molecule has 1 aliphatic rings. The molecule has 0 bridgehead atoms. The molecular weight excluding hydrogens is 264 g/mol. The molecule has 1 atom stereocenters. The Hall–Kier alpha value is -2.14. The fourth-order valence-corrected chi connectivity index (χ4v) is 2.76. The Balaban J connectivity index is 1.81. The Morgan fingerprint density at radius 1 is 1.48 bits per heavy atom. The number of benzene rings is 1. The van der Waals surface area contributed by atoms with Gasteiger partial charge >= 0.3 is 0 Å². The van der Waals surface area contributed by atoms with E-state index in [-0.39, 0.29) is 11.3 Å². The molecule has 3 rings (SSSR count). The molecule has 1 amide bonds. The monoisotopic (exact) mass is 284 g/mol. The summed E-state index contributed by atoms with van der Waals surface area (Å²) in [4.78, 5) is 18.6. The zero-order valence-electron chi connectivity index (χ0n) is 12.2. The van der Waals surface area contributed by atoms with Crippen molar-refractivity contribution in [1.82, 2.24) is 14.5 Å². The molecule has 0 radical (unpaired) electrons. The van der Waals surface area contributed by atoms with Gasteiger partial charge in [0, 0.05) is 36.7 Å². The third-order valence-corrected chi connectivity index (χ3v) is 4.23. The van der Waals surface area contributed by atoms with E-state index < -0.39 is 0 Å². The summed E-state index contributed by atoms with van der Waals surface area (Å²) in [5, 5.41) is 0. The number of carbonyl (C=O) groups excluding carboxylic acids is 1. The first-order chi connectivity index (χ1) is 10.1. The maximum absolute atomic E-state index is 12.6. The summed E-state index contributed by atoms with van der Waals surface area (Å²) in [6.07, 6.45) is 6.29. The quantitative estimate of drug-likeness (QED) is 0.932. The van der Waals surface area contributed by atoms with Crippen LogP contribution >= 0.6 is 0 Å². The first-order valence-corrected chi connectivity index (χ1v) is 7.19. The van der Waals surface area contributed by atoms with Gasteiger partial charge in [0.15, 0.2) is 0 Å². The van der Waals surface area contributed by atoms with Crippen molar-refractivity contribution >= 4 is 5.91 Å². The van der Waals surface area contributed by atoms with Crippen LogP contribution in [0, 0.1) is 5.41 Å². The highest BCUT2D eigenvalue weighted by molar-refractivity contribution is 5.95. The van der Waals surface area contributed by atoms with Crippen LogP contribution in [0.3, 0.4) is 0 Å². The standard InChI is InChI=1S/C16H20N4O/c1-16(10-17)5-7-19(11-16)15(21)13-3-2-4-14(9-13)20-8-6-18-12-20/h2-4,6,8-9,12H,5,7,10-11,17H2,1H3. The van der Waals surface area contributed by atoms with E-state index in [9.17, 15) is 4.79 Å². The maximum atomic E-state index is 12.6. The topological polar surface area (TPSA) is 64.2 Å². The van der Waals surface area contributed by atoms with Crippen molar-refractivity contribution in [3.63, 3.8) is 0 Å². The molecule has 1 aliphatic heterocycles. The molecule has 0 aliphatic carbocycles. The highest BCUT2D eigenvalue weighted by atomic mass is 16.2. The largest absolute Gasteiger partial charge is 0.338 e. The van der Waals surface area contributed by atoms with Gasteiger partial charge in [-0.25, -0.2) is 4.98 Å². The molecule has 5 heteroatoms. The third-order valence-electron chi connectivity index (χ3n) is 4.23. The van der Waals surface area contributed by atoms with Gasteiger partial charge in [0.2, 0.25) is 0 Å². The normalized spacial score (nSPS) is 21.7. The molecule has 2 aromatic rings. The second kappa shape index (κ2) is 5.33. The van der Waals surface area contributed by atoms with E-state index in [1.54, 1.807) is 12.5 Å². The highest BCUT2D eigenvalue weighted by Gasteiger charge is 2.35. The molecule has 1 saturated heterocycles. The second-order valence-corrected chi connectivity index (χ2v) is 6.01. The van der Waals surface area contributed by atoms with Gasteiger partial charge in [-0.3, -0.25) is 4.79 Å². The molecule has 1 aromatic heterocycles. The Bertz CT molecular complexity index is 637. The minimum absolute atomic E-state index is 0.0532. The maximum Gasteiger partial charge on any atom is 0.253 e. The average Bonchev–Trinajstić information content (AvgIpc) is 3.17. The van der Waals surface area contributed by atoms with Crippen LogP contribution in [0.1, 0.15) is 23.7 Å². The zero-order chi connectivity index (χ0) is 14.9. The van der Waals surface area contributed by atoms with Gasteiger partial charge in [-0.15, -0.1) is 0 Å². The first kappa shape index (κ1) is 13.8. The van der Waals surface area contributed by atoms with Gasteiger partial charge < -0.3 is 15.2 Å². The van der Waals surface area contributed by atoms with Crippen molar-refractivity contribution in [2.45, 2.75) is 13.3 Å². The van der Waals surface area contributed by atoms with Gasteiger partial charge in [-0.2, -0.15) is 0 Å². The lowest BCUT2D eigenvalue weighted by atomic mass is 9.90. The summed E-state index contributed by atoms with van der Waals surface area (Å²) >= 11 is 0. The molecule has 21 heavy (non-hydrogen) atoms. The number of hydrogen-bond acceptors (Lipinski definition) is 3. The fraction of sp³-hybridized carbons (Fsp3) is 0.375. The minimum atomic E-state index is 0.0532. The zero-order valence-corrected chi connectivity index (χ0v) is 12.2. The number of carbonyl (C=O) groups is 1. The lowest BCUT2D eigenvalue weighted by Gasteiger charge is -2.22. The molecule has 2 N–H and O–H groups in total. The van der Waals surface area contributed by atoms with Crippen molar-refractivity contribution < 1.29 is 4.79 Å². The summed E-state index contributed by atoms with van der Waals surface area (Å²) in [6, 6.07) is 7.64. The number of likely N-dealkylation sites (tertiary alicyclic amines) is 1. The lowest BCUT2D eigenvalue weighted by Crippen LogP contribution is -2.34. The summed E-state index contributed by atoms with van der Waals surface area (Å²) < 4.78 is 1.89. The van der Waals surface area contributed by atoms with Crippen molar-refractivity contribution in [3.8, 4) is 5.69 Å². The van der Waals surface area contributed by atoms with E-state index in [2.05, 4.69) is 11.9 Å². The molecule has 1 unspecified atom stereocenters. The van der Waals surface area contributed by atoms with Crippen LogP contribution in [-0.4, -0.2) is 40.0 Å². The summed E-state index contributed by atoms with van der Waals surface area (Å²) in [7, 11) is 0. The lowest BCUT2D eigenvalue weighted by molar-refractivity contribution is 0.0777. The predicted octanol–water partition coefficient (Wildman–Crippen LogP) is 1.68. The van der Waals surface area contributed by atoms with Crippen molar-refractivity contribution in [1.29, 1.82) is 0 Å². The average molecular weight is 284 g/mol. The Kier molecular flexibility index (Phi) is 3.51. The number of rotatable bonds is 3. The van der Waals surface area contributed by atoms with E-state index in [1.165, 1.54) is 0 Å². The van der Waals surface area contributed by atoms with Crippen LogP contribution in [-0.2, 0) is 0 Å². The van der Waals surface area contributed by atoms with Gasteiger partial charge in [0.05, 0.1) is 6.33 Å². The van der Waals surface area contributed by atoms with E-state index in [1.807, 2.05) is 39.9 Å². The van der Waals surface area contributed by atoms with Gasteiger partial charge in [0.25, 0.3) is 5.91 Å². The molecule has 2 heterocycles. The van der Waals surface area contributed by atoms with Crippen LogP contribution < -0.4 is 5.73 Å². The highest BCUT2D eigenvalue weighted by Crippen LogP contribution is 2.29. The number of hydrogen-bond donors (Lipinski definition) is 1. The van der Waals surface area contributed by atoms with E-state index in [0.29, 0.717) is 12.1 Å². The number of nitrogens with two attached hydrogens (primary N) is 1. The number of aromatic nitrogens is 2. The number of nitrogens with zero attached hydrogens (tertiary/aromatic N) is 3. The smallest absolute Gasteiger partial charge is 0.253 e. The molecule has 0 saturated carbocycles. The van der Waals surface area contributed by atoms with E-state index >= 15 is 0 Å². The molecular formula is C16H20N4O. The van der Waals surface area contributed by atoms with Gasteiger partial charge in [0.1, 0.15) is 0 Å². The van der Waals surface area contributed by atoms with Gasteiger partial charge in [-0.05, 0) is 36.6 Å². The third kappa shape index (κ3) is 2.69. The van der Waals surface area contributed by atoms with Crippen molar-refractivity contribution in [2.75, 3.05) is 19.6 Å². The number of imidazole rings is 1. The van der Waals surface area contributed by atoms with Crippen molar-refractivity contribution in [3.05, 3.63) is 48.5 Å². The Morgan fingerprint density at radius 2 is 2.33 bits per heavy atom. The summed E-state index contributed by atoms with van der Waals surface area (Å²) in [5.74, 6) is 0.0779. The first-order valence-electron chi connectivity index (χ1n) is 7.19. The molecule has 1 aromatic carbocycles. The fourth-order valence-electron chi connectivity index (χ4n) is 2.76. The molecule has 5 nitrogen and oxygen atoms in total. The van der Waals surface area contributed by atoms with Gasteiger partial charge in [-0.1, -0.05) is 13.0 Å². The summed E-state index contributed by atoms with van der Waals surface area (Å²) in [6.45, 7) is 4.27. The van der Waals surface area contributed by atoms with Crippen LogP contribution in [0.15, 0.2) is 43.0 Å². The SMILES string of the molecule is CC1(CN)CCN(C(=O)c2cccc(-n3ccnc3)c2)C1. The van der Waals surface area contributed by atoms with E-state index in [0.717, 1.165) is 25.2 Å². The van der Waals surface area contributed by atoms with Crippen LogP contribution in [0.4, 0.5) is 0 Å². The number of amides is 1. The van der Waals surface area contributed by atoms with Crippen LogP contribution in [0.2, 0.25) is 0 Å². The van der Waals surface area contributed by atoms with Crippen molar-refractivity contribution in [2.24, 2.45) is 11.1 Å². The Morgan fingerprint density at radius 3 is 3.00 bits per heavy atom. The molecule has 1 fully saturated rings. The minimum Gasteiger partial charge on any atom is -0.338 e. The second-order valence-electron chi connectivity index (χ2n) is 6.01. The molecule has 110 valence electrons. The molecule has 0 spiro atoms.